The summed E-state index contributed by atoms with van der Waals surface area (Å²) in [5.41, 5.74) is 2.51. The van der Waals surface area contributed by atoms with Crippen molar-refractivity contribution < 1.29 is 9.21 Å². The zero-order valence-corrected chi connectivity index (χ0v) is 17.9. The van der Waals surface area contributed by atoms with Gasteiger partial charge in [0.15, 0.2) is 0 Å². The van der Waals surface area contributed by atoms with E-state index in [0.29, 0.717) is 16.1 Å². The van der Waals surface area contributed by atoms with Crippen molar-refractivity contribution >= 4 is 52.4 Å². The van der Waals surface area contributed by atoms with Crippen LogP contribution in [0, 0.1) is 0 Å². The standard InChI is InChI=1S/C22H14ClN3O2S2/c23-15-7-5-6-14(12-15)21-24-25-22(28-21)29-13-20(27)26-16-8-1-3-10-18(16)30-19-11-4-2-9-17(19)26/h1-12H,13H2. The summed E-state index contributed by atoms with van der Waals surface area (Å²) >= 11 is 8.91. The number of hydrogen-bond donors (Lipinski definition) is 0. The number of benzene rings is 3. The topological polar surface area (TPSA) is 59.2 Å². The third kappa shape index (κ3) is 3.71. The van der Waals surface area contributed by atoms with Crippen LogP contribution in [0.25, 0.3) is 11.5 Å². The van der Waals surface area contributed by atoms with Gasteiger partial charge in [-0.15, -0.1) is 10.2 Å². The molecular weight excluding hydrogens is 438 g/mol. The summed E-state index contributed by atoms with van der Waals surface area (Å²) in [6.45, 7) is 0. The third-order valence-corrected chi connectivity index (χ3v) is 6.65. The van der Waals surface area contributed by atoms with Gasteiger partial charge in [-0.3, -0.25) is 9.69 Å². The fraction of sp³-hybridized carbons (Fsp3) is 0.0455. The molecule has 0 saturated heterocycles. The maximum Gasteiger partial charge on any atom is 0.277 e. The Hall–Kier alpha value is -2.74. The first-order valence-electron chi connectivity index (χ1n) is 9.10. The van der Waals surface area contributed by atoms with Gasteiger partial charge in [0, 0.05) is 20.4 Å². The molecule has 148 valence electrons. The van der Waals surface area contributed by atoms with Crippen molar-refractivity contribution in [3.63, 3.8) is 0 Å². The van der Waals surface area contributed by atoms with Crippen LogP contribution in [0.1, 0.15) is 0 Å². The number of fused-ring (bicyclic) bond motifs is 2. The molecule has 5 nitrogen and oxygen atoms in total. The lowest BCUT2D eigenvalue weighted by molar-refractivity contribution is -0.115. The Balaban J connectivity index is 1.37. The van der Waals surface area contributed by atoms with Gasteiger partial charge in [-0.2, -0.15) is 0 Å². The Morgan fingerprint density at radius 3 is 2.37 bits per heavy atom. The maximum atomic E-state index is 13.2. The zero-order valence-electron chi connectivity index (χ0n) is 15.5. The van der Waals surface area contributed by atoms with Gasteiger partial charge < -0.3 is 4.42 Å². The Kier molecular flexibility index (Phi) is 5.25. The molecule has 0 radical (unpaired) electrons. The lowest BCUT2D eigenvalue weighted by atomic mass is 10.2. The molecule has 5 rings (SSSR count). The van der Waals surface area contributed by atoms with E-state index < -0.39 is 0 Å². The average molecular weight is 452 g/mol. The minimum atomic E-state index is -0.0531. The molecule has 0 spiro atoms. The van der Waals surface area contributed by atoms with Gasteiger partial charge in [0.05, 0.1) is 17.1 Å². The first kappa shape index (κ1) is 19.2. The monoisotopic (exact) mass is 451 g/mol. The number of thioether (sulfide) groups is 1. The molecular formula is C22H14ClN3O2S2. The minimum absolute atomic E-state index is 0.0531. The number of carbonyl (C=O) groups is 1. The van der Waals surface area contributed by atoms with Crippen molar-refractivity contribution in [3.8, 4) is 11.5 Å². The summed E-state index contributed by atoms with van der Waals surface area (Å²) in [7, 11) is 0. The Bertz CT molecular complexity index is 1200. The molecule has 1 aromatic heterocycles. The number of carbonyl (C=O) groups excluding carboxylic acids is 1. The Morgan fingerprint density at radius 2 is 1.67 bits per heavy atom. The van der Waals surface area contributed by atoms with Crippen LogP contribution in [0.4, 0.5) is 11.4 Å². The molecule has 1 aliphatic rings. The quantitative estimate of drug-likeness (QED) is 0.339. The highest BCUT2D eigenvalue weighted by atomic mass is 35.5. The summed E-state index contributed by atoms with van der Waals surface area (Å²) in [4.78, 5) is 17.1. The number of rotatable bonds is 4. The van der Waals surface area contributed by atoms with Crippen LogP contribution in [0.5, 0.6) is 0 Å². The number of anilines is 2. The molecule has 0 N–H and O–H groups in total. The van der Waals surface area contributed by atoms with Gasteiger partial charge in [0.1, 0.15) is 0 Å². The number of nitrogens with zero attached hydrogens (tertiary/aromatic N) is 3. The van der Waals surface area contributed by atoms with Gasteiger partial charge in [-0.25, -0.2) is 0 Å². The molecule has 0 fully saturated rings. The summed E-state index contributed by atoms with van der Waals surface area (Å²) in [6, 6.07) is 23.0. The van der Waals surface area contributed by atoms with Crippen LogP contribution >= 0.6 is 35.1 Å². The van der Waals surface area contributed by atoms with Gasteiger partial charge in [0.2, 0.25) is 11.8 Å². The predicted octanol–water partition coefficient (Wildman–Crippen LogP) is 6.31. The fourth-order valence-corrected chi connectivity index (χ4v) is 5.03. The third-order valence-electron chi connectivity index (χ3n) is 4.48. The highest BCUT2D eigenvalue weighted by Crippen LogP contribution is 2.48. The summed E-state index contributed by atoms with van der Waals surface area (Å²) in [5.74, 6) is 0.491. The average Bonchev–Trinajstić information content (AvgIpc) is 3.25. The van der Waals surface area contributed by atoms with Crippen LogP contribution in [0.3, 0.4) is 0 Å². The van der Waals surface area contributed by atoms with E-state index in [2.05, 4.69) is 10.2 Å². The molecule has 3 aromatic carbocycles. The van der Waals surface area contributed by atoms with E-state index in [4.69, 9.17) is 16.0 Å². The second-order valence-corrected chi connectivity index (χ2v) is 8.89. The zero-order chi connectivity index (χ0) is 20.5. The van der Waals surface area contributed by atoms with Crippen LogP contribution in [0.2, 0.25) is 5.02 Å². The number of amides is 1. The van der Waals surface area contributed by atoms with Crippen LogP contribution in [-0.4, -0.2) is 21.9 Å². The molecule has 0 unspecified atom stereocenters. The number of hydrogen-bond acceptors (Lipinski definition) is 6. The van der Waals surface area contributed by atoms with E-state index in [1.165, 1.54) is 11.8 Å². The number of para-hydroxylation sites is 2. The van der Waals surface area contributed by atoms with Crippen LogP contribution < -0.4 is 4.90 Å². The first-order valence-corrected chi connectivity index (χ1v) is 11.3. The van der Waals surface area contributed by atoms with E-state index >= 15 is 0 Å². The Morgan fingerprint density at radius 1 is 0.967 bits per heavy atom. The van der Waals surface area contributed by atoms with E-state index in [1.54, 1.807) is 28.8 Å². The lowest BCUT2D eigenvalue weighted by Crippen LogP contribution is -2.29. The van der Waals surface area contributed by atoms with Gasteiger partial charge in [0.25, 0.3) is 5.22 Å². The van der Waals surface area contributed by atoms with Crippen molar-refractivity contribution in [1.82, 2.24) is 10.2 Å². The molecule has 1 aliphatic heterocycles. The smallest absolute Gasteiger partial charge is 0.277 e. The molecule has 8 heteroatoms. The molecule has 0 atom stereocenters. The molecule has 2 heterocycles. The lowest BCUT2D eigenvalue weighted by Gasteiger charge is -2.30. The SMILES string of the molecule is O=C(CSc1nnc(-c2cccc(Cl)c2)o1)N1c2ccccc2Sc2ccccc21. The van der Waals surface area contributed by atoms with Crippen molar-refractivity contribution in [2.75, 3.05) is 10.7 Å². The second-order valence-electron chi connectivity index (χ2n) is 6.44. The normalized spacial score (nSPS) is 12.4. The van der Waals surface area contributed by atoms with E-state index in [1.807, 2.05) is 60.7 Å². The molecule has 4 aromatic rings. The largest absolute Gasteiger partial charge is 0.411 e. The Labute approximate surface area is 186 Å². The molecule has 0 saturated carbocycles. The second kappa shape index (κ2) is 8.18. The van der Waals surface area contributed by atoms with E-state index in [0.717, 1.165) is 26.7 Å². The molecule has 0 bridgehead atoms. The summed E-state index contributed by atoms with van der Waals surface area (Å²) in [6.07, 6.45) is 0. The first-order chi connectivity index (χ1) is 14.7. The fourth-order valence-electron chi connectivity index (χ4n) is 3.17. The number of halogens is 1. The van der Waals surface area contributed by atoms with E-state index in [9.17, 15) is 4.79 Å². The highest BCUT2D eigenvalue weighted by Gasteiger charge is 2.28. The van der Waals surface area contributed by atoms with E-state index in [-0.39, 0.29) is 11.7 Å². The van der Waals surface area contributed by atoms with Crippen molar-refractivity contribution in [3.05, 3.63) is 77.8 Å². The van der Waals surface area contributed by atoms with Crippen LogP contribution in [0.15, 0.2) is 92.2 Å². The van der Waals surface area contributed by atoms with Gasteiger partial charge in [-0.05, 0) is 42.5 Å². The predicted molar refractivity (Wildman–Crippen MR) is 120 cm³/mol. The number of aromatic nitrogens is 2. The van der Waals surface area contributed by atoms with Crippen molar-refractivity contribution in [2.24, 2.45) is 0 Å². The molecule has 0 aliphatic carbocycles. The molecule has 30 heavy (non-hydrogen) atoms. The van der Waals surface area contributed by atoms with Crippen molar-refractivity contribution in [2.45, 2.75) is 15.0 Å². The highest BCUT2D eigenvalue weighted by molar-refractivity contribution is 8.00. The summed E-state index contributed by atoms with van der Waals surface area (Å²) in [5, 5.41) is 9.05. The summed E-state index contributed by atoms with van der Waals surface area (Å²) < 4.78 is 5.71. The van der Waals surface area contributed by atoms with Crippen LogP contribution in [-0.2, 0) is 4.79 Å². The molecule has 1 amide bonds. The maximum absolute atomic E-state index is 13.2. The minimum Gasteiger partial charge on any atom is -0.411 e. The van der Waals surface area contributed by atoms with Gasteiger partial charge >= 0.3 is 0 Å². The van der Waals surface area contributed by atoms with Crippen molar-refractivity contribution in [1.29, 1.82) is 0 Å². The van der Waals surface area contributed by atoms with Gasteiger partial charge in [-0.1, -0.05) is 65.5 Å².